The number of hydrogen-bond donors (Lipinski definition) is 1. The maximum Gasteiger partial charge on any atom is 0.343 e. The zero-order chi connectivity index (χ0) is 20.1. The van der Waals surface area contributed by atoms with Gasteiger partial charge >= 0.3 is 11.6 Å². The maximum atomic E-state index is 12.4. The maximum absolute atomic E-state index is 12.4. The molecule has 0 aliphatic carbocycles. The van der Waals surface area contributed by atoms with Crippen LogP contribution in [0.1, 0.15) is 43.1 Å². The monoisotopic (exact) mass is 376 g/mol. The summed E-state index contributed by atoms with van der Waals surface area (Å²) >= 11 is 0. The van der Waals surface area contributed by atoms with Gasteiger partial charge < -0.3 is 23.7 Å². The highest BCUT2D eigenvalue weighted by molar-refractivity contribution is 5.71. The Morgan fingerprint density at radius 1 is 1.19 bits per heavy atom. The third kappa shape index (κ3) is 4.81. The predicted octanol–water partition coefficient (Wildman–Crippen LogP) is 3.14. The summed E-state index contributed by atoms with van der Waals surface area (Å²) in [4.78, 5) is 24.3. The predicted molar refractivity (Wildman–Crippen MR) is 98.6 cm³/mol. The van der Waals surface area contributed by atoms with Crippen LogP contribution in [-0.2, 0) is 9.53 Å². The molecular weight excluding hydrogens is 352 g/mol. The molecule has 0 spiro atoms. The van der Waals surface area contributed by atoms with Crippen molar-refractivity contribution >= 4 is 5.97 Å². The number of methoxy groups -OCH3 is 2. The average molecular weight is 376 g/mol. The molecule has 0 saturated carbocycles. The summed E-state index contributed by atoms with van der Waals surface area (Å²) < 4.78 is 20.9. The molecule has 1 aromatic carbocycles. The second kappa shape index (κ2) is 8.62. The van der Waals surface area contributed by atoms with Crippen molar-refractivity contribution in [1.82, 2.24) is 0 Å². The van der Waals surface area contributed by atoms with E-state index in [0.29, 0.717) is 17.1 Å². The van der Waals surface area contributed by atoms with Gasteiger partial charge in [-0.05, 0) is 38.5 Å². The number of esters is 1. The fraction of sp³-hybridized carbons (Fsp3) is 0.400. The Morgan fingerprint density at radius 3 is 2.44 bits per heavy atom. The highest BCUT2D eigenvalue weighted by atomic mass is 16.5. The van der Waals surface area contributed by atoms with Crippen LogP contribution in [-0.4, -0.2) is 31.4 Å². The van der Waals surface area contributed by atoms with E-state index < -0.39 is 17.5 Å². The summed E-state index contributed by atoms with van der Waals surface area (Å²) in [6.45, 7) is 5.34. The zero-order valence-corrected chi connectivity index (χ0v) is 16.1. The molecule has 2 rings (SSSR count). The van der Waals surface area contributed by atoms with Crippen molar-refractivity contribution in [3.63, 3.8) is 0 Å². The van der Waals surface area contributed by atoms with Crippen LogP contribution in [0.25, 0.3) is 0 Å². The van der Waals surface area contributed by atoms with Crippen LogP contribution < -0.4 is 15.1 Å². The van der Waals surface area contributed by atoms with Crippen LogP contribution in [0.3, 0.4) is 0 Å². The molecule has 0 fully saturated rings. The van der Waals surface area contributed by atoms with Crippen molar-refractivity contribution in [2.45, 2.75) is 39.2 Å². The first-order chi connectivity index (χ1) is 12.8. The number of hydrogen-bond acceptors (Lipinski definition) is 7. The van der Waals surface area contributed by atoms with E-state index in [1.807, 2.05) is 13.8 Å². The number of carbonyl (C=O) groups excluding carboxylic acids is 1. The molecule has 0 saturated heterocycles. The molecule has 1 aromatic heterocycles. The van der Waals surface area contributed by atoms with Crippen LogP contribution >= 0.6 is 0 Å². The van der Waals surface area contributed by atoms with Crippen LogP contribution in [0.4, 0.5) is 0 Å². The summed E-state index contributed by atoms with van der Waals surface area (Å²) in [6.07, 6.45) is -0.199. The van der Waals surface area contributed by atoms with E-state index in [9.17, 15) is 14.7 Å². The molecule has 0 aliphatic rings. The minimum atomic E-state index is -0.767. The molecule has 146 valence electrons. The van der Waals surface area contributed by atoms with E-state index in [2.05, 4.69) is 0 Å². The van der Waals surface area contributed by atoms with Crippen molar-refractivity contribution in [2.75, 3.05) is 14.2 Å². The van der Waals surface area contributed by atoms with Crippen molar-refractivity contribution in [1.29, 1.82) is 0 Å². The standard InChI is InChI=1S/C20H24O7/c1-11(2)26-16-7-6-13(9-17(16)24-4)14(10-18(22)25-5)19-15(21)8-12(3)27-20(19)23/h6-9,11,14,21H,10H2,1-5H3. The van der Waals surface area contributed by atoms with Gasteiger partial charge in [0.15, 0.2) is 11.5 Å². The summed E-state index contributed by atoms with van der Waals surface area (Å²) in [7, 11) is 2.76. The topological polar surface area (TPSA) is 95.2 Å². The lowest BCUT2D eigenvalue weighted by Gasteiger charge is -2.19. The van der Waals surface area contributed by atoms with E-state index in [-0.39, 0.29) is 29.6 Å². The molecule has 1 N–H and O–H groups in total. The van der Waals surface area contributed by atoms with E-state index in [0.717, 1.165) is 0 Å². The molecule has 1 unspecified atom stereocenters. The van der Waals surface area contributed by atoms with Gasteiger partial charge in [0.1, 0.15) is 11.5 Å². The zero-order valence-electron chi connectivity index (χ0n) is 16.1. The van der Waals surface area contributed by atoms with Gasteiger partial charge in [-0.3, -0.25) is 4.79 Å². The van der Waals surface area contributed by atoms with Crippen molar-refractivity contribution in [3.8, 4) is 17.2 Å². The highest BCUT2D eigenvalue weighted by Crippen LogP contribution is 2.37. The van der Waals surface area contributed by atoms with Gasteiger partial charge in [0.2, 0.25) is 0 Å². The molecule has 7 heteroatoms. The van der Waals surface area contributed by atoms with Crippen LogP contribution in [0, 0.1) is 6.92 Å². The van der Waals surface area contributed by atoms with Gasteiger partial charge in [0.05, 0.1) is 32.3 Å². The van der Waals surface area contributed by atoms with E-state index in [1.54, 1.807) is 25.1 Å². The molecule has 0 radical (unpaired) electrons. The first kappa shape index (κ1) is 20.4. The summed E-state index contributed by atoms with van der Waals surface area (Å²) in [5.74, 6) is -0.270. The van der Waals surface area contributed by atoms with Crippen molar-refractivity contribution in [2.24, 2.45) is 0 Å². The second-order valence-corrected chi connectivity index (χ2v) is 6.35. The Balaban J connectivity index is 2.59. The molecule has 1 atom stereocenters. The second-order valence-electron chi connectivity index (χ2n) is 6.35. The number of rotatable bonds is 7. The van der Waals surface area contributed by atoms with Gasteiger partial charge in [-0.1, -0.05) is 6.07 Å². The number of aryl methyl sites for hydroxylation is 1. The molecule has 0 bridgehead atoms. The SMILES string of the molecule is COC(=O)CC(c1ccc(OC(C)C)c(OC)c1)c1c(O)cc(C)oc1=O. The Morgan fingerprint density at radius 2 is 1.89 bits per heavy atom. The number of carbonyl (C=O) groups is 1. The molecule has 27 heavy (non-hydrogen) atoms. The number of ether oxygens (including phenoxy) is 3. The summed E-state index contributed by atoms with van der Waals surface area (Å²) in [5, 5.41) is 10.3. The minimum Gasteiger partial charge on any atom is -0.507 e. The van der Waals surface area contributed by atoms with E-state index in [4.69, 9.17) is 18.6 Å². The first-order valence-corrected chi connectivity index (χ1v) is 8.51. The van der Waals surface area contributed by atoms with Gasteiger partial charge in [-0.2, -0.15) is 0 Å². The third-order valence-corrected chi connectivity index (χ3v) is 3.99. The molecular formula is C20H24O7. The average Bonchev–Trinajstić information content (AvgIpc) is 2.59. The largest absolute Gasteiger partial charge is 0.507 e. The Kier molecular flexibility index (Phi) is 6.50. The molecule has 7 nitrogen and oxygen atoms in total. The normalized spacial score (nSPS) is 11.9. The fourth-order valence-corrected chi connectivity index (χ4v) is 2.82. The van der Waals surface area contributed by atoms with E-state index in [1.165, 1.54) is 20.3 Å². The smallest absolute Gasteiger partial charge is 0.343 e. The van der Waals surface area contributed by atoms with Gasteiger partial charge in [-0.25, -0.2) is 4.79 Å². The lowest BCUT2D eigenvalue weighted by atomic mass is 9.88. The van der Waals surface area contributed by atoms with Crippen molar-refractivity contribution < 1.29 is 28.5 Å². The highest BCUT2D eigenvalue weighted by Gasteiger charge is 2.27. The molecule has 0 amide bonds. The Hall–Kier alpha value is -2.96. The molecule has 1 heterocycles. The van der Waals surface area contributed by atoms with Crippen LogP contribution in [0.15, 0.2) is 33.5 Å². The fourth-order valence-electron chi connectivity index (χ4n) is 2.82. The molecule has 2 aromatic rings. The number of aromatic hydroxyl groups is 1. The number of benzene rings is 1. The first-order valence-electron chi connectivity index (χ1n) is 8.51. The third-order valence-electron chi connectivity index (χ3n) is 3.99. The van der Waals surface area contributed by atoms with Gasteiger partial charge in [0, 0.05) is 12.0 Å². The quantitative estimate of drug-likeness (QED) is 0.742. The summed E-state index contributed by atoms with van der Waals surface area (Å²) in [5.41, 5.74) is -0.131. The lowest BCUT2D eigenvalue weighted by Crippen LogP contribution is -2.18. The van der Waals surface area contributed by atoms with Crippen LogP contribution in [0.2, 0.25) is 0 Å². The Bertz CT molecular complexity index is 867. The van der Waals surface area contributed by atoms with Crippen LogP contribution in [0.5, 0.6) is 17.2 Å². The lowest BCUT2D eigenvalue weighted by molar-refractivity contribution is -0.140. The van der Waals surface area contributed by atoms with Gasteiger partial charge in [0.25, 0.3) is 0 Å². The molecule has 0 aliphatic heterocycles. The minimum absolute atomic E-state index is 0.00872. The Labute approximate surface area is 157 Å². The van der Waals surface area contributed by atoms with Gasteiger partial charge in [-0.15, -0.1) is 0 Å². The summed E-state index contributed by atoms with van der Waals surface area (Å²) in [6, 6.07) is 6.43. The van der Waals surface area contributed by atoms with E-state index >= 15 is 0 Å². The van der Waals surface area contributed by atoms with Crippen molar-refractivity contribution in [3.05, 3.63) is 51.6 Å².